The molecule has 0 spiro atoms. The van der Waals surface area contributed by atoms with E-state index in [0.717, 1.165) is 12.8 Å². The van der Waals surface area contributed by atoms with Crippen LogP contribution in [-0.4, -0.2) is 12.6 Å². The molecule has 3 heteroatoms. The van der Waals surface area contributed by atoms with Crippen molar-refractivity contribution in [2.24, 2.45) is 0 Å². The molecular formula is C7H12O2Zn. The average Bonchev–Trinajstić information content (AvgIpc) is 1.89. The van der Waals surface area contributed by atoms with Crippen LogP contribution in [0.15, 0.2) is 12.7 Å². The molecule has 0 aliphatic carbocycles. The molecule has 0 saturated heterocycles. The Morgan fingerprint density at radius 1 is 1.70 bits per heavy atom. The fourth-order valence-corrected chi connectivity index (χ4v) is 0.376. The van der Waals surface area contributed by atoms with Crippen molar-refractivity contribution in [1.29, 1.82) is 0 Å². The van der Waals surface area contributed by atoms with Gasteiger partial charge in [0.15, 0.2) is 0 Å². The molecule has 54 valence electrons. The molecule has 0 aliphatic heterocycles. The van der Waals surface area contributed by atoms with Gasteiger partial charge in [-0.25, -0.2) is 4.79 Å². The normalized spacial score (nSPS) is 7.70. The quantitative estimate of drug-likeness (QED) is 0.293. The number of esters is 1. The van der Waals surface area contributed by atoms with Gasteiger partial charge in [-0.3, -0.25) is 0 Å². The van der Waals surface area contributed by atoms with Gasteiger partial charge in [0.1, 0.15) is 0 Å². The molecule has 0 amide bonds. The van der Waals surface area contributed by atoms with Crippen LogP contribution in [0.25, 0.3) is 0 Å². The Balaban J connectivity index is 0. The summed E-state index contributed by atoms with van der Waals surface area (Å²) in [6.45, 7) is 5.82. The largest absolute Gasteiger partial charge is 0.463 e. The fourth-order valence-electron chi connectivity index (χ4n) is 0.376. The van der Waals surface area contributed by atoms with E-state index in [1.807, 2.05) is 6.92 Å². The Kier molecular flexibility index (Phi) is 11.0. The molecule has 0 fully saturated rings. The molecule has 0 aromatic carbocycles. The number of carbonyl (C=O) groups excluding carboxylic acids is 1. The van der Waals surface area contributed by atoms with Crippen LogP contribution >= 0.6 is 0 Å². The second-order valence-electron chi connectivity index (χ2n) is 1.73. The van der Waals surface area contributed by atoms with Crippen molar-refractivity contribution in [2.75, 3.05) is 6.61 Å². The van der Waals surface area contributed by atoms with Gasteiger partial charge in [0, 0.05) is 25.6 Å². The van der Waals surface area contributed by atoms with Gasteiger partial charge in [0.25, 0.3) is 0 Å². The summed E-state index contributed by atoms with van der Waals surface area (Å²) in [4.78, 5) is 10.3. The number of hydrogen-bond acceptors (Lipinski definition) is 2. The van der Waals surface area contributed by atoms with E-state index < -0.39 is 0 Å². The Morgan fingerprint density at radius 2 is 2.30 bits per heavy atom. The molecule has 0 heterocycles. The first kappa shape index (κ1) is 12.5. The molecule has 0 radical (unpaired) electrons. The maximum absolute atomic E-state index is 10.3. The van der Waals surface area contributed by atoms with Crippen LogP contribution in [0.4, 0.5) is 0 Å². The number of carbonyl (C=O) groups is 1. The maximum atomic E-state index is 10.3. The summed E-state index contributed by atoms with van der Waals surface area (Å²) in [6.07, 6.45) is 3.15. The summed E-state index contributed by atoms with van der Waals surface area (Å²) >= 11 is 0. The first-order chi connectivity index (χ1) is 4.31. The van der Waals surface area contributed by atoms with Crippen molar-refractivity contribution in [3.05, 3.63) is 12.7 Å². The van der Waals surface area contributed by atoms with E-state index in [9.17, 15) is 4.79 Å². The van der Waals surface area contributed by atoms with E-state index in [-0.39, 0.29) is 25.4 Å². The zero-order valence-corrected chi connectivity index (χ0v) is 9.40. The van der Waals surface area contributed by atoms with Gasteiger partial charge in [-0.2, -0.15) is 0 Å². The van der Waals surface area contributed by atoms with Gasteiger partial charge in [-0.15, -0.1) is 0 Å². The second kappa shape index (κ2) is 8.83. The third-order valence-electron chi connectivity index (χ3n) is 0.909. The van der Waals surface area contributed by atoms with Crippen molar-refractivity contribution in [2.45, 2.75) is 19.8 Å². The molecule has 0 atom stereocenters. The minimum absolute atomic E-state index is 0. The number of ether oxygens (including phenoxy) is 1. The van der Waals surface area contributed by atoms with Gasteiger partial charge in [-0.1, -0.05) is 19.9 Å². The first-order valence-electron chi connectivity index (χ1n) is 3.10. The van der Waals surface area contributed by atoms with Crippen molar-refractivity contribution in [1.82, 2.24) is 0 Å². The SMILES string of the molecule is C=CC(=O)OCCCC.[Zn]. The third-order valence-corrected chi connectivity index (χ3v) is 0.909. The van der Waals surface area contributed by atoms with Gasteiger partial charge in [-0.05, 0) is 6.42 Å². The predicted octanol–water partition coefficient (Wildman–Crippen LogP) is 1.51. The molecule has 0 aromatic heterocycles. The first-order valence-corrected chi connectivity index (χ1v) is 3.10. The summed E-state index contributed by atoms with van der Waals surface area (Å²) in [5.41, 5.74) is 0. The molecular weight excluding hydrogens is 181 g/mol. The van der Waals surface area contributed by atoms with Crippen LogP contribution in [-0.2, 0) is 29.0 Å². The Morgan fingerprint density at radius 3 is 2.70 bits per heavy atom. The average molecular weight is 194 g/mol. The Hall–Kier alpha value is -0.167. The second-order valence-corrected chi connectivity index (χ2v) is 1.73. The Bertz CT molecular complexity index is 102. The van der Waals surface area contributed by atoms with Gasteiger partial charge >= 0.3 is 5.97 Å². The predicted molar refractivity (Wildman–Crippen MR) is 36.1 cm³/mol. The van der Waals surface area contributed by atoms with E-state index in [1.54, 1.807) is 0 Å². The third kappa shape index (κ3) is 7.83. The standard InChI is InChI=1S/C7H12O2.Zn/c1-3-5-6-9-7(8)4-2;/h4H,2-3,5-6H2,1H3;. The minimum Gasteiger partial charge on any atom is -0.463 e. The molecule has 0 rings (SSSR count). The van der Waals surface area contributed by atoms with Crippen molar-refractivity contribution in [3.63, 3.8) is 0 Å². The van der Waals surface area contributed by atoms with Crippen LogP contribution in [0.5, 0.6) is 0 Å². The Labute approximate surface area is 74.4 Å². The van der Waals surface area contributed by atoms with E-state index >= 15 is 0 Å². The van der Waals surface area contributed by atoms with Crippen LogP contribution in [0.2, 0.25) is 0 Å². The molecule has 0 bridgehead atoms. The topological polar surface area (TPSA) is 26.3 Å². The number of unbranched alkanes of at least 4 members (excludes halogenated alkanes) is 1. The molecule has 0 N–H and O–H groups in total. The molecule has 2 nitrogen and oxygen atoms in total. The van der Waals surface area contributed by atoms with E-state index in [2.05, 4.69) is 11.3 Å². The number of hydrogen-bond donors (Lipinski definition) is 0. The summed E-state index contributed by atoms with van der Waals surface area (Å²) in [6, 6.07) is 0. The minimum atomic E-state index is -0.330. The molecule has 10 heavy (non-hydrogen) atoms. The smallest absolute Gasteiger partial charge is 0.330 e. The molecule has 0 unspecified atom stereocenters. The molecule has 0 aromatic rings. The van der Waals surface area contributed by atoms with Crippen molar-refractivity contribution >= 4 is 5.97 Å². The monoisotopic (exact) mass is 192 g/mol. The summed E-state index contributed by atoms with van der Waals surface area (Å²) in [5, 5.41) is 0. The summed E-state index contributed by atoms with van der Waals surface area (Å²) in [5.74, 6) is -0.330. The maximum Gasteiger partial charge on any atom is 0.330 e. The van der Waals surface area contributed by atoms with Gasteiger partial charge in [0.2, 0.25) is 0 Å². The van der Waals surface area contributed by atoms with Gasteiger partial charge < -0.3 is 4.74 Å². The van der Waals surface area contributed by atoms with Crippen LogP contribution in [0.1, 0.15) is 19.8 Å². The van der Waals surface area contributed by atoms with E-state index in [0.29, 0.717) is 6.61 Å². The van der Waals surface area contributed by atoms with E-state index in [1.165, 1.54) is 6.08 Å². The fraction of sp³-hybridized carbons (Fsp3) is 0.571. The van der Waals surface area contributed by atoms with Crippen LogP contribution in [0, 0.1) is 0 Å². The number of rotatable bonds is 4. The van der Waals surface area contributed by atoms with E-state index in [4.69, 9.17) is 0 Å². The zero-order chi connectivity index (χ0) is 7.11. The molecule has 0 saturated carbocycles. The molecule has 0 aliphatic rings. The van der Waals surface area contributed by atoms with Crippen LogP contribution in [0.3, 0.4) is 0 Å². The zero-order valence-electron chi connectivity index (χ0n) is 6.43. The summed E-state index contributed by atoms with van der Waals surface area (Å²) in [7, 11) is 0. The van der Waals surface area contributed by atoms with Crippen molar-refractivity contribution in [3.8, 4) is 0 Å². The van der Waals surface area contributed by atoms with Crippen LogP contribution < -0.4 is 0 Å². The van der Waals surface area contributed by atoms with Crippen molar-refractivity contribution < 1.29 is 29.0 Å². The van der Waals surface area contributed by atoms with Gasteiger partial charge in [0.05, 0.1) is 6.61 Å². The summed E-state index contributed by atoms with van der Waals surface area (Å²) < 4.78 is 4.67.